The molecule has 11 heavy (non-hydrogen) atoms. The van der Waals surface area contributed by atoms with E-state index in [-0.39, 0.29) is 0 Å². The summed E-state index contributed by atoms with van der Waals surface area (Å²) < 4.78 is 23.7. The highest BCUT2D eigenvalue weighted by Gasteiger charge is 2.57. The molecule has 0 aromatic heterocycles. The Morgan fingerprint density at radius 1 is 1.55 bits per heavy atom. The Labute approximate surface area is 67.4 Å². The molecule has 1 saturated heterocycles. The Morgan fingerprint density at radius 3 is 2.45 bits per heavy atom. The number of sulfonamides is 1. The van der Waals surface area contributed by atoms with Gasteiger partial charge < -0.3 is 0 Å². The van der Waals surface area contributed by atoms with Crippen molar-refractivity contribution in [2.75, 3.05) is 19.3 Å². The summed E-state index contributed by atoms with van der Waals surface area (Å²) in [7, 11) is -2.91. The van der Waals surface area contributed by atoms with Crippen molar-refractivity contribution in [1.82, 2.24) is 4.31 Å². The van der Waals surface area contributed by atoms with Gasteiger partial charge >= 0.3 is 0 Å². The molecule has 2 aliphatic rings. The molecule has 64 valence electrons. The SMILES string of the molecule is C[C@]12C[C@H]1CN(S(C)(=O)=O)C2. The van der Waals surface area contributed by atoms with Crippen molar-refractivity contribution in [3.05, 3.63) is 0 Å². The third-order valence-electron chi connectivity index (χ3n) is 2.97. The fraction of sp³-hybridized carbons (Fsp3) is 1.00. The maximum atomic E-state index is 11.1. The van der Waals surface area contributed by atoms with Gasteiger partial charge in [-0.3, -0.25) is 0 Å². The van der Waals surface area contributed by atoms with Gasteiger partial charge in [0.2, 0.25) is 10.0 Å². The normalized spacial score (nSPS) is 44.0. The van der Waals surface area contributed by atoms with Crippen molar-refractivity contribution in [3.8, 4) is 0 Å². The minimum atomic E-state index is -2.91. The average Bonchev–Trinajstić information content (AvgIpc) is 2.30. The summed E-state index contributed by atoms with van der Waals surface area (Å²) in [6.07, 6.45) is 2.51. The van der Waals surface area contributed by atoms with E-state index in [0.717, 1.165) is 13.1 Å². The van der Waals surface area contributed by atoms with Gasteiger partial charge in [0, 0.05) is 13.1 Å². The van der Waals surface area contributed by atoms with Crippen LogP contribution in [0.25, 0.3) is 0 Å². The molecule has 0 spiro atoms. The molecule has 4 heteroatoms. The number of piperidine rings is 1. The summed E-state index contributed by atoms with van der Waals surface area (Å²) in [4.78, 5) is 0. The molecule has 0 unspecified atom stereocenters. The first-order valence-electron chi connectivity index (χ1n) is 3.87. The first-order valence-corrected chi connectivity index (χ1v) is 5.72. The number of hydrogen-bond donors (Lipinski definition) is 0. The summed E-state index contributed by atoms with van der Waals surface area (Å²) in [5.74, 6) is 0.650. The Kier molecular flexibility index (Phi) is 1.24. The molecule has 0 N–H and O–H groups in total. The maximum absolute atomic E-state index is 11.1. The maximum Gasteiger partial charge on any atom is 0.211 e. The lowest BCUT2D eigenvalue weighted by molar-refractivity contribution is 0.418. The van der Waals surface area contributed by atoms with E-state index in [9.17, 15) is 8.42 Å². The van der Waals surface area contributed by atoms with Crippen LogP contribution in [0.15, 0.2) is 0 Å². The minimum absolute atomic E-state index is 0.336. The number of hydrogen-bond acceptors (Lipinski definition) is 2. The van der Waals surface area contributed by atoms with Gasteiger partial charge in [-0.05, 0) is 17.8 Å². The van der Waals surface area contributed by atoms with Crippen molar-refractivity contribution in [3.63, 3.8) is 0 Å². The van der Waals surface area contributed by atoms with Crippen LogP contribution in [0, 0.1) is 11.3 Å². The largest absolute Gasteiger partial charge is 0.213 e. The summed E-state index contributed by atoms with van der Waals surface area (Å²) >= 11 is 0. The molecule has 1 aliphatic heterocycles. The van der Waals surface area contributed by atoms with Crippen LogP contribution in [0.5, 0.6) is 0 Å². The summed E-state index contributed by atoms with van der Waals surface area (Å²) in [6.45, 7) is 3.68. The lowest BCUT2D eigenvalue weighted by atomic mass is 10.1. The predicted molar refractivity (Wildman–Crippen MR) is 42.6 cm³/mol. The van der Waals surface area contributed by atoms with Gasteiger partial charge in [-0.15, -0.1) is 0 Å². The van der Waals surface area contributed by atoms with E-state index >= 15 is 0 Å². The fourth-order valence-electron chi connectivity index (χ4n) is 1.95. The van der Waals surface area contributed by atoms with Gasteiger partial charge in [-0.2, -0.15) is 0 Å². The molecule has 0 aromatic carbocycles. The molecule has 0 radical (unpaired) electrons. The molecule has 1 aliphatic carbocycles. The molecule has 2 rings (SSSR count). The summed E-state index contributed by atoms with van der Waals surface area (Å²) in [5.41, 5.74) is 0.336. The van der Waals surface area contributed by atoms with Crippen LogP contribution < -0.4 is 0 Å². The Bertz CT molecular complexity index is 285. The van der Waals surface area contributed by atoms with Crippen molar-refractivity contribution >= 4 is 10.0 Å². The van der Waals surface area contributed by atoms with Crippen LogP contribution in [-0.4, -0.2) is 32.1 Å². The highest BCUT2D eigenvalue weighted by Crippen LogP contribution is 2.57. The Hall–Kier alpha value is -0.0900. The monoisotopic (exact) mass is 175 g/mol. The second-order valence-corrected chi connectivity index (χ2v) is 6.09. The highest BCUT2D eigenvalue weighted by molar-refractivity contribution is 7.88. The summed E-state index contributed by atoms with van der Waals surface area (Å²) in [6, 6.07) is 0. The van der Waals surface area contributed by atoms with E-state index in [1.54, 1.807) is 4.31 Å². The zero-order valence-electron chi connectivity index (χ0n) is 6.87. The van der Waals surface area contributed by atoms with Crippen molar-refractivity contribution in [1.29, 1.82) is 0 Å². The van der Waals surface area contributed by atoms with E-state index in [1.807, 2.05) is 0 Å². The molecule has 2 fully saturated rings. The van der Waals surface area contributed by atoms with E-state index in [2.05, 4.69) is 6.92 Å². The van der Waals surface area contributed by atoms with E-state index in [0.29, 0.717) is 11.3 Å². The average molecular weight is 175 g/mol. The summed E-state index contributed by atoms with van der Waals surface area (Å²) in [5, 5.41) is 0. The van der Waals surface area contributed by atoms with Crippen molar-refractivity contribution < 1.29 is 8.42 Å². The first kappa shape index (κ1) is 7.55. The topological polar surface area (TPSA) is 37.4 Å². The Morgan fingerprint density at radius 2 is 2.18 bits per heavy atom. The molecule has 0 bridgehead atoms. The predicted octanol–water partition coefficient (Wildman–Crippen LogP) is 0.288. The van der Waals surface area contributed by atoms with E-state index in [1.165, 1.54) is 12.7 Å². The molecule has 0 amide bonds. The lowest BCUT2D eigenvalue weighted by Gasteiger charge is -2.15. The van der Waals surface area contributed by atoms with Crippen LogP contribution in [-0.2, 0) is 10.0 Å². The van der Waals surface area contributed by atoms with Crippen LogP contribution in [0.2, 0.25) is 0 Å². The van der Waals surface area contributed by atoms with Gasteiger partial charge in [0.1, 0.15) is 0 Å². The molecule has 1 heterocycles. The number of rotatable bonds is 1. The first-order chi connectivity index (χ1) is 4.92. The zero-order chi connectivity index (χ0) is 8.28. The molecule has 2 atom stereocenters. The second kappa shape index (κ2) is 1.80. The van der Waals surface area contributed by atoms with Gasteiger partial charge in [0.15, 0.2) is 0 Å². The van der Waals surface area contributed by atoms with Crippen LogP contribution in [0.3, 0.4) is 0 Å². The number of fused-ring (bicyclic) bond motifs is 1. The minimum Gasteiger partial charge on any atom is -0.213 e. The second-order valence-electron chi connectivity index (χ2n) is 4.11. The fourth-order valence-corrected chi connectivity index (χ4v) is 2.93. The van der Waals surface area contributed by atoms with Crippen molar-refractivity contribution in [2.45, 2.75) is 13.3 Å². The van der Waals surface area contributed by atoms with Crippen LogP contribution in [0.4, 0.5) is 0 Å². The smallest absolute Gasteiger partial charge is 0.211 e. The lowest BCUT2D eigenvalue weighted by Crippen LogP contribution is -2.30. The van der Waals surface area contributed by atoms with Gasteiger partial charge in [-0.1, -0.05) is 6.92 Å². The highest BCUT2D eigenvalue weighted by atomic mass is 32.2. The van der Waals surface area contributed by atoms with Crippen LogP contribution in [0.1, 0.15) is 13.3 Å². The number of nitrogens with zero attached hydrogens (tertiary/aromatic N) is 1. The third-order valence-corrected chi connectivity index (χ3v) is 4.18. The molecule has 1 saturated carbocycles. The van der Waals surface area contributed by atoms with Gasteiger partial charge in [0.05, 0.1) is 6.26 Å². The van der Waals surface area contributed by atoms with Gasteiger partial charge in [0.25, 0.3) is 0 Å². The van der Waals surface area contributed by atoms with Crippen molar-refractivity contribution in [2.24, 2.45) is 11.3 Å². The van der Waals surface area contributed by atoms with E-state index < -0.39 is 10.0 Å². The molecule has 0 aromatic rings. The Balaban J connectivity index is 2.14. The standard InChI is InChI=1S/C7H13NO2S/c1-7-3-6(7)4-8(5-7)11(2,9)10/h6H,3-5H2,1-2H3/t6-,7+/m0/s1. The third kappa shape index (κ3) is 1.08. The molecular weight excluding hydrogens is 162 g/mol. The quantitative estimate of drug-likeness (QED) is 0.574. The van der Waals surface area contributed by atoms with E-state index in [4.69, 9.17) is 0 Å². The van der Waals surface area contributed by atoms with Gasteiger partial charge in [-0.25, -0.2) is 12.7 Å². The van der Waals surface area contributed by atoms with Crippen LogP contribution >= 0.6 is 0 Å². The molecular formula is C7H13NO2S. The zero-order valence-corrected chi connectivity index (χ0v) is 7.69. The molecule has 3 nitrogen and oxygen atoms in total.